The van der Waals surface area contributed by atoms with Crippen molar-refractivity contribution >= 4 is 35.3 Å². The summed E-state index contributed by atoms with van der Waals surface area (Å²) in [5.74, 6) is -0.0925. The maximum atomic E-state index is 12.4. The first-order chi connectivity index (χ1) is 13.5. The molecule has 1 heterocycles. The number of anilines is 1. The molecule has 0 radical (unpaired) electrons. The predicted molar refractivity (Wildman–Crippen MR) is 110 cm³/mol. The first-order valence-corrected chi connectivity index (χ1v) is 9.00. The number of hydrogen-bond donors (Lipinski definition) is 1. The molecule has 0 spiro atoms. The number of carbonyl (C=O) groups excluding carboxylic acids is 1. The largest absolute Gasteiger partial charge is 0.504 e. The van der Waals surface area contributed by atoms with E-state index in [2.05, 4.69) is 18.7 Å². The summed E-state index contributed by atoms with van der Waals surface area (Å²) in [5.41, 5.74) is 2.16. The maximum absolute atomic E-state index is 12.4. The van der Waals surface area contributed by atoms with Crippen molar-refractivity contribution in [3.05, 3.63) is 64.0 Å². The summed E-state index contributed by atoms with van der Waals surface area (Å²) in [5, 5.41) is 10.5. The van der Waals surface area contributed by atoms with Crippen LogP contribution < -0.4 is 15.3 Å². The van der Waals surface area contributed by atoms with Gasteiger partial charge in [-0.1, -0.05) is 12.1 Å². The topological polar surface area (TPSA) is 80.0 Å². The van der Waals surface area contributed by atoms with Crippen LogP contribution in [-0.4, -0.2) is 24.7 Å². The van der Waals surface area contributed by atoms with E-state index in [9.17, 15) is 14.7 Å². The van der Waals surface area contributed by atoms with Gasteiger partial charge in [-0.3, -0.25) is 4.79 Å². The molecule has 3 rings (SSSR count). The Bertz CT molecular complexity index is 1080. The second-order valence-corrected chi connectivity index (χ2v) is 6.16. The lowest BCUT2D eigenvalue weighted by Gasteiger charge is -2.20. The van der Waals surface area contributed by atoms with Crippen molar-refractivity contribution in [3.8, 4) is 11.5 Å². The Labute approximate surface area is 162 Å². The molecule has 3 aromatic rings. The van der Waals surface area contributed by atoms with Gasteiger partial charge in [-0.15, -0.1) is 0 Å². The third-order valence-electron chi connectivity index (χ3n) is 4.49. The molecule has 0 saturated carbocycles. The highest BCUT2D eigenvalue weighted by Gasteiger charge is 2.08. The SMILES string of the molecule is CCN(CC)c1ccc2cc(/C=C/c3ccc(O)c(OC=O)c3)c(=O)oc2c1. The molecule has 0 atom stereocenters. The van der Waals surface area contributed by atoms with Gasteiger partial charge in [-0.2, -0.15) is 0 Å². The van der Waals surface area contributed by atoms with Gasteiger partial charge >= 0.3 is 5.63 Å². The van der Waals surface area contributed by atoms with Crippen LogP contribution in [0.5, 0.6) is 11.5 Å². The summed E-state index contributed by atoms with van der Waals surface area (Å²) in [4.78, 5) is 25.0. The van der Waals surface area contributed by atoms with E-state index in [1.54, 1.807) is 24.3 Å². The molecular weight excluding hydrogens is 358 g/mol. The molecule has 0 aliphatic carbocycles. The Morgan fingerprint density at radius 2 is 1.86 bits per heavy atom. The molecule has 1 N–H and O–H groups in total. The van der Waals surface area contributed by atoms with Crippen molar-refractivity contribution in [2.75, 3.05) is 18.0 Å². The van der Waals surface area contributed by atoms with Crippen molar-refractivity contribution < 1.29 is 19.1 Å². The molecule has 1 aromatic heterocycles. The van der Waals surface area contributed by atoms with Gasteiger partial charge < -0.3 is 19.2 Å². The Balaban J connectivity index is 1.93. The molecule has 6 heteroatoms. The summed E-state index contributed by atoms with van der Waals surface area (Å²) < 4.78 is 10.2. The number of ether oxygens (including phenoxy) is 1. The fourth-order valence-electron chi connectivity index (χ4n) is 2.98. The van der Waals surface area contributed by atoms with Crippen LogP contribution in [0.4, 0.5) is 5.69 Å². The molecule has 0 unspecified atom stereocenters. The number of rotatable bonds is 7. The molecule has 0 aliphatic heterocycles. The van der Waals surface area contributed by atoms with Gasteiger partial charge in [0.25, 0.3) is 6.47 Å². The number of fused-ring (bicyclic) bond motifs is 1. The van der Waals surface area contributed by atoms with Crippen LogP contribution in [0.3, 0.4) is 0 Å². The third kappa shape index (κ3) is 4.06. The Morgan fingerprint density at radius 3 is 2.57 bits per heavy atom. The summed E-state index contributed by atoms with van der Waals surface area (Å²) >= 11 is 0. The van der Waals surface area contributed by atoms with E-state index in [0.717, 1.165) is 24.2 Å². The molecule has 0 fully saturated rings. The highest BCUT2D eigenvalue weighted by atomic mass is 16.5. The van der Waals surface area contributed by atoms with Crippen LogP contribution >= 0.6 is 0 Å². The number of aromatic hydroxyl groups is 1. The number of phenolic OH excluding ortho intramolecular Hbond substituents is 1. The maximum Gasteiger partial charge on any atom is 0.343 e. The van der Waals surface area contributed by atoms with E-state index < -0.39 is 5.63 Å². The van der Waals surface area contributed by atoms with E-state index >= 15 is 0 Å². The average molecular weight is 379 g/mol. The van der Waals surface area contributed by atoms with Gasteiger partial charge in [-0.25, -0.2) is 4.79 Å². The minimum Gasteiger partial charge on any atom is -0.504 e. The number of benzene rings is 2. The van der Waals surface area contributed by atoms with Crippen LogP contribution in [0.2, 0.25) is 0 Å². The zero-order valence-corrected chi connectivity index (χ0v) is 15.7. The molecule has 0 saturated heterocycles. The highest BCUT2D eigenvalue weighted by molar-refractivity contribution is 5.83. The smallest absolute Gasteiger partial charge is 0.343 e. The Kier molecular flexibility index (Phi) is 5.79. The van der Waals surface area contributed by atoms with Gasteiger partial charge in [0.2, 0.25) is 0 Å². The quantitative estimate of drug-likeness (QED) is 0.493. The minimum absolute atomic E-state index is 0.0478. The molecule has 2 aromatic carbocycles. The summed E-state index contributed by atoms with van der Waals surface area (Å²) in [6.07, 6.45) is 3.31. The number of nitrogens with zero attached hydrogens (tertiary/aromatic N) is 1. The van der Waals surface area contributed by atoms with E-state index in [4.69, 9.17) is 9.15 Å². The van der Waals surface area contributed by atoms with Crippen LogP contribution in [-0.2, 0) is 4.79 Å². The molecule has 0 aliphatic rings. The second-order valence-electron chi connectivity index (χ2n) is 6.16. The molecule has 6 nitrogen and oxygen atoms in total. The summed E-state index contributed by atoms with van der Waals surface area (Å²) in [7, 11) is 0. The first kappa shape index (κ1) is 19.2. The fraction of sp³-hybridized carbons (Fsp3) is 0.182. The summed E-state index contributed by atoms with van der Waals surface area (Å²) in [6.45, 7) is 6.14. The molecule has 144 valence electrons. The molecular formula is C22H21NO5. The number of hydrogen-bond acceptors (Lipinski definition) is 6. The highest BCUT2D eigenvalue weighted by Crippen LogP contribution is 2.27. The number of phenols is 1. The fourth-order valence-corrected chi connectivity index (χ4v) is 2.98. The lowest BCUT2D eigenvalue weighted by atomic mass is 10.1. The van der Waals surface area contributed by atoms with Crippen molar-refractivity contribution in [1.29, 1.82) is 0 Å². The van der Waals surface area contributed by atoms with Gasteiger partial charge in [0.05, 0.1) is 5.56 Å². The van der Waals surface area contributed by atoms with Gasteiger partial charge in [0.1, 0.15) is 5.58 Å². The van der Waals surface area contributed by atoms with Crippen LogP contribution in [0.15, 0.2) is 51.7 Å². The molecule has 0 bridgehead atoms. The van der Waals surface area contributed by atoms with E-state index in [1.165, 1.54) is 12.1 Å². The van der Waals surface area contributed by atoms with Crippen molar-refractivity contribution in [3.63, 3.8) is 0 Å². The lowest BCUT2D eigenvalue weighted by molar-refractivity contribution is -0.120. The second kappa shape index (κ2) is 8.43. The zero-order chi connectivity index (χ0) is 20.1. The van der Waals surface area contributed by atoms with Crippen LogP contribution in [0.25, 0.3) is 23.1 Å². The van der Waals surface area contributed by atoms with Gasteiger partial charge in [-0.05, 0) is 55.8 Å². The third-order valence-corrected chi connectivity index (χ3v) is 4.49. The Morgan fingerprint density at radius 1 is 1.07 bits per heavy atom. The van der Waals surface area contributed by atoms with E-state index in [0.29, 0.717) is 16.7 Å². The van der Waals surface area contributed by atoms with Crippen molar-refractivity contribution in [2.24, 2.45) is 0 Å². The molecule has 0 amide bonds. The lowest BCUT2D eigenvalue weighted by Crippen LogP contribution is -2.21. The van der Waals surface area contributed by atoms with Gasteiger partial charge in [0.15, 0.2) is 11.5 Å². The minimum atomic E-state index is -0.441. The Hall–Kier alpha value is -3.54. The van der Waals surface area contributed by atoms with Crippen LogP contribution in [0, 0.1) is 0 Å². The van der Waals surface area contributed by atoms with Gasteiger partial charge in [0, 0.05) is 30.2 Å². The zero-order valence-electron chi connectivity index (χ0n) is 15.7. The average Bonchev–Trinajstić information content (AvgIpc) is 2.69. The first-order valence-electron chi connectivity index (χ1n) is 9.00. The standard InChI is InChI=1S/C22H21NO5/c1-3-23(4-2)18-9-8-16-12-17(22(26)28-20(16)13-18)7-5-15-6-10-19(25)21(11-15)27-14-24/h5-14,25H,3-4H2,1-2H3/b7-5+. The normalized spacial score (nSPS) is 11.1. The number of carbonyl (C=O) groups is 1. The molecule has 28 heavy (non-hydrogen) atoms. The predicted octanol–water partition coefficient (Wildman–Crippen LogP) is 4.05. The van der Waals surface area contributed by atoms with Crippen LogP contribution in [0.1, 0.15) is 25.0 Å². The van der Waals surface area contributed by atoms with E-state index in [-0.39, 0.29) is 18.0 Å². The van der Waals surface area contributed by atoms with Crippen molar-refractivity contribution in [1.82, 2.24) is 0 Å². The monoisotopic (exact) mass is 379 g/mol. The summed E-state index contributed by atoms with van der Waals surface area (Å²) in [6, 6.07) is 12.1. The van der Waals surface area contributed by atoms with Crippen molar-refractivity contribution in [2.45, 2.75) is 13.8 Å². The van der Waals surface area contributed by atoms with E-state index in [1.807, 2.05) is 18.2 Å².